The quantitative estimate of drug-likeness (QED) is 0.946. The van der Waals surface area contributed by atoms with E-state index >= 15 is 0 Å². The van der Waals surface area contributed by atoms with Crippen LogP contribution in [0.25, 0.3) is 0 Å². The van der Waals surface area contributed by atoms with Gasteiger partial charge in [0.1, 0.15) is 5.82 Å². The average Bonchev–Trinajstić information content (AvgIpc) is 3.09. The maximum Gasteiger partial charge on any atom is 0.259 e. The normalized spacial score (nSPS) is 13.7. The fourth-order valence-corrected chi connectivity index (χ4v) is 2.76. The van der Waals surface area contributed by atoms with E-state index in [-0.39, 0.29) is 5.91 Å². The van der Waals surface area contributed by atoms with Crippen LogP contribution in [-0.4, -0.2) is 24.0 Å². The van der Waals surface area contributed by atoms with Crippen molar-refractivity contribution in [2.45, 2.75) is 19.8 Å². The third-order valence-corrected chi connectivity index (χ3v) is 3.91. The van der Waals surface area contributed by atoms with Crippen LogP contribution in [0.5, 0.6) is 0 Å². The van der Waals surface area contributed by atoms with Crippen molar-refractivity contribution in [3.05, 3.63) is 53.2 Å². The molecular formula is C18H18N4O. The Labute approximate surface area is 135 Å². The number of nitrogens with zero attached hydrogens (tertiary/aromatic N) is 3. The van der Waals surface area contributed by atoms with Gasteiger partial charge in [0.25, 0.3) is 5.91 Å². The number of carbonyl (C=O) groups excluding carboxylic acids is 1. The van der Waals surface area contributed by atoms with Crippen LogP contribution in [-0.2, 0) is 0 Å². The molecule has 0 radical (unpaired) electrons. The lowest BCUT2D eigenvalue weighted by atomic mass is 10.2. The van der Waals surface area contributed by atoms with Crippen molar-refractivity contribution in [2.24, 2.45) is 0 Å². The van der Waals surface area contributed by atoms with Crippen LogP contribution in [0.1, 0.15) is 34.5 Å². The predicted octanol–water partition coefficient (Wildman–Crippen LogP) is 3.11. The number of benzene rings is 1. The molecule has 0 spiro atoms. The summed E-state index contributed by atoms with van der Waals surface area (Å²) in [7, 11) is 0. The summed E-state index contributed by atoms with van der Waals surface area (Å²) < 4.78 is 0. The summed E-state index contributed by atoms with van der Waals surface area (Å²) in [6, 6.07) is 12.6. The van der Waals surface area contributed by atoms with Crippen molar-refractivity contribution in [1.82, 2.24) is 4.98 Å². The minimum Gasteiger partial charge on any atom is -0.356 e. The topological polar surface area (TPSA) is 69.0 Å². The Morgan fingerprint density at radius 3 is 2.78 bits per heavy atom. The molecule has 2 aromatic rings. The Hall–Kier alpha value is -2.87. The zero-order valence-electron chi connectivity index (χ0n) is 13.0. The van der Waals surface area contributed by atoms with Crippen molar-refractivity contribution in [2.75, 3.05) is 23.3 Å². The maximum absolute atomic E-state index is 12.6. The third kappa shape index (κ3) is 3.32. The molecule has 116 valence electrons. The molecule has 1 aromatic carbocycles. The summed E-state index contributed by atoms with van der Waals surface area (Å²) in [5.41, 5.74) is 2.60. The number of anilines is 2. The Kier molecular flexibility index (Phi) is 4.24. The molecule has 1 aromatic heterocycles. The zero-order chi connectivity index (χ0) is 16.2. The Morgan fingerprint density at radius 1 is 1.26 bits per heavy atom. The van der Waals surface area contributed by atoms with Crippen molar-refractivity contribution in [3.8, 4) is 6.07 Å². The molecule has 0 unspecified atom stereocenters. The molecule has 0 aliphatic carbocycles. The first-order valence-corrected chi connectivity index (χ1v) is 7.71. The van der Waals surface area contributed by atoms with Gasteiger partial charge in [0, 0.05) is 24.5 Å². The highest BCUT2D eigenvalue weighted by molar-refractivity contribution is 6.07. The highest BCUT2D eigenvalue weighted by Gasteiger charge is 2.21. The molecular weight excluding hydrogens is 288 g/mol. The van der Waals surface area contributed by atoms with Gasteiger partial charge in [0.2, 0.25) is 0 Å². The van der Waals surface area contributed by atoms with Crippen LogP contribution in [0, 0.1) is 18.3 Å². The van der Waals surface area contributed by atoms with Gasteiger partial charge in [-0.25, -0.2) is 4.98 Å². The lowest BCUT2D eigenvalue weighted by Gasteiger charge is -2.20. The van der Waals surface area contributed by atoms with Crippen LogP contribution in [0.15, 0.2) is 36.4 Å². The number of carbonyl (C=O) groups is 1. The highest BCUT2D eigenvalue weighted by atomic mass is 16.1. The minimum absolute atomic E-state index is 0.200. The van der Waals surface area contributed by atoms with E-state index in [9.17, 15) is 4.79 Å². The summed E-state index contributed by atoms with van der Waals surface area (Å²) in [5, 5.41) is 11.8. The first-order valence-electron chi connectivity index (χ1n) is 7.71. The molecule has 0 atom stereocenters. The SMILES string of the molecule is Cc1ccc(C(=O)Nc2cccc(C#N)c2)c(N2CCCC2)n1. The van der Waals surface area contributed by atoms with Crippen molar-refractivity contribution < 1.29 is 4.79 Å². The molecule has 1 aliphatic heterocycles. The second-order valence-corrected chi connectivity index (χ2v) is 5.66. The van der Waals surface area contributed by atoms with Crippen molar-refractivity contribution in [3.63, 3.8) is 0 Å². The second kappa shape index (κ2) is 6.49. The van der Waals surface area contributed by atoms with Gasteiger partial charge in [-0.15, -0.1) is 0 Å². The van der Waals surface area contributed by atoms with Crippen LogP contribution in [0.2, 0.25) is 0 Å². The molecule has 1 amide bonds. The van der Waals surface area contributed by atoms with E-state index in [0.717, 1.165) is 37.4 Å². The van der Waals surface area contributed by atoms with Gasteiger partial charge in [-0.3, -0.25) is 4.79 Å². The van der Waals surface area contributed by atoms with E-state index in [1.807, 2.05) is 19.1 Å². The number of pyridine rings is 1. The summed E-state index contributed by atoms with van der Waals surface area (Å²) in [6.45, 7) is 3.79. The fourth-order valence-electron chi connectivity index (χ4n) is 2.76. The summed E-state index contributed by atoms with van der Waals surface area (Å²) in [5.74, 6) is 0.547. The van der Waals surface area contributed by atoms with Crippen molar-refractivity contribution >= 4 is 17.4 Å². The van der Waals surface area contributed by atoms with Gasteiger partial charge in [-0.05, 0) is 50.1 Å². The molecule has 0 saturated carbocycles. The molecule has 2 heterocycles. The lowest BCUT2D eigenvalue weighted by Crippen LogP contribution is -2.24. The number of hydrogen-bond acceptors (Lipinski definition) is 4. The number of amides is 1. The van der Waals surface area contributed by atoms with Crippen LogP contribution < -0.4 is 10.2 Å². The standard InChI is InChI=1S/C18H18N4O/c1-13-7-8-16(17(20-13)22-9-2-3-10-22)18(23)21-15-6-4-5-14(11-15)12-19/h4-8,11H,2-3,9-10H2,1H3,(H,21,23). The van der Waals surface area contributed by atoms with E-state index in [4.69, 9.17) is 5.26 Å². The first-order chi connectivity index (χ1) is 11.2. The number of aryl methyl sites for hydroxylation is 1. The molecule has 5 nitrogen and oxygen atoms in total. The molecule has 3 rings (SSSR count). The van der Waals surface area contributed by atoms with Gasteiger partial charge >= 0.3 is 0 Å². The molecule has 1 fully saturated rings. The van der Waals surface area contributed by atoms with Gasteiger partial charge in [-0.2, -0.15) is 5.26 Å². The maximum atomic E-state index is 12.6. The lowest BCUT2D eigenvalue weighted by molar-refractivity contribution is 0.102. The van der Waals surface area contributed by atoms with E-state index in [1.165, 1.54) is 0 Å². The van der Waals surface area contributed by atoms with E-state index in [2.05, 4.69) is 21.3 Å². The summed E-state index contributed by atoms with van der Waals surface area (Å²) in [6.07, 6.45) is 2.25. The Bertz CT molecular complexity index is 773. The molecule has 1 saturated heterocycles. The zero-order valence-corrected chi connectivity index (χ0v) is 13.0. The van der Waals surface area contributed by atoms with E-state index < -0.39 is 0 Å². The van der Waals surface area contributed by atoms with Crippen LogP contribution in [0.4, 0.5) is 11.5 Å². The van der Waals surface area contributed by atoms with Gasteiger partial charge in [0.05, 0.1) is 17.2 Å². The molecule has 5 heteroatoms. The molecule has 1 N–H and O–H groups in total. The van der Waals surface area contributed by atoms with Crippen molar-refractivity contribution in [1.29, 1.82) is 5.26 Å². The Morgan fingerprint density at radius 2 is 2.04 bits per heavy atom. The van der Waals surface area contributed by atoms with Crippen LogP contribution >= 0.6 is 0 Å². The second-order valence-electron chi connectivity index (χ2n) is 5.66. The van der Waals surface area contributed by atoms with E-state index in [1.54, 1.807) is 24.3 Å². The number of nitriles is 1. The fraction of sp³-hybridized carbons (Fsp3) is 0.278. The van der Waals surface area contributed by atoms with Crippen LogP contribution in [0.3, 0.4) is 0 Å². The minimum atomic E-state index is -0.200. The summed E-state index contributed by atoms with van der Waals surface area (Å²) >= 11 is 0. The van der Waals surface area contributed by atoms with Gasteiger partial charge in [0.15, 0.2) is 0 Å². The monoisotopic (exact) mass is 306 g/mol. The highest BCUT2D eigenvalue weighted by Crippen LogP contribution is 2.24. The molecule has 1 aliphatic rings. The molecule has 23 heavy (non-hydrogen) atoms. The molecule has 0 bridgehead atoms. The number of rotatable bonds is 3. The number of aromatic nitrogens is 1. The van der Waals surface area contributed by atoms with Gasteiger partial charge in [-0.1, -0.05) is 6.07 Å². The average molecular weight is 306 g/mol. The number of hydrogen-bond donors (Lipinski definition) is 1. The first kappa shape index (κ1) is 15.0. The van der Waals surface area contributed by atoms with Gasteiger partial charge < -0.3 is 10.2 Å². The van der Waals surface area contributed by atoms with E-state index in [0.29, 0.717) is 16.8 Å². The summed E-state index contributed by atoms with van der Waals surface area (Å²) in [4.78, 5) is 19.4. The predicted molar refractivity (Wildman–Crippen MR) is 89.5 cm³/mol. The smallest absolute Gasteiger partial charge is 0.259 e. The Balaban J connectivity index is 1.88. The largest absolute Gasteiger partial charge is 0.356 e. The number of nitrogens with one attached hydrogen (secondary N) is 1. The third-order valence-electron chi connectivity index (χ3n) is 3.91.